The van der Waals surface area contributed by atoms with E-state index in [2.05, 4.69) is 30.7 Å². The largest absolute Gasteiger partial charge is 0.448 e. The highest BCUT2D eigenvalue weighted by molar-refractivity contribution is 6.02. The molecule has 0 spiro atoms. The van der Waals surface area contributed by atoms with E-state index in [9.17, 15) is 4.79 Å². The van der Waals surface area contributed by atoms with Crippen LogP contribution in [-0.2, 0) is 7.05 Å². The summed E-state index contributed by atoms with van der Waals surface area (Å²) < 4.78 is 7.30. The van der Waals surface area contributed by atoms with Gasteiger partial charge in [0.15, 0.2) is 11.6 Å². The number of oxazole rings is 1. The molecule has 4 heterocycles. The standard InChI is InChI=1S/C21H21N7O2/c1-28-11-16(10-24-28)14-2-3-15-9-23-21(26-17(15)8-14)27-19(29)18-12-30-20(25-18)13-4-6-22-7-5-13/h2-3,8-13,22H,4-7H2,1H3,(H,23,26,27,29). The molecule has 9 heteroatoms. The highest BCUT2D eigenvalue weighted by atomic mass is 16.3. The molecule has 3 aromatic heterocycles. The summed E-state index contributed by atoms with van der Waals surface area (Å²) in [6.45, 7) is 1.86. The van der Waals surface area contributed by atoms with Crippen LogP contribution in [0.2, 0.25) is 0 Å². The molecular weight excluding hydrogens is 382 g/mol. The van der Waals surface area contributed by atoms with Gasteiger partial charge in [-0.05, 0) is 37.6 Å². The summed E-state index contributed by atoms with van der Waals surface area (Å²) in [5.74, 6) is 0.696. The molecule has 0 radical (unpaired) electrons. The van der Waals surface area contributed by atoms with E-state index in [1.807, 2.05) is 31.4 Å². The summed E-state index contributed by atoms with van der Waals surface area (Å²) in [6.07, 6.45) is 8.73. The molecule has 1 saturated heterocycles. The van der Waals surface area contributed by atoms with Gasteiger partial charge in [0.25, 0.3) is 5.91 Å². The van der Waals surface area contributed by atoms with Crippen molar-refractivity contribution < 1.29 is 9.21 Å². The Hall–Kier alpha value is -3.59. The molecule has 9 nitrogen and oxygen atoms in total. The SMILES string of the molecule is Cn1cc(-c2ccc3cnc(NC(=O)c4coc(C5CCNCC5)n4)nc3c2)cn1. The second-order valence-electron chi connectivity index (χ2n) is 7.42. The predicted octanol–water partition coefficient (Wildman–Crippen LogP) is 2.74. The van der Waals surface area contributed by atoms with Crippen LogP contribution in [0, 0.1) is 0 Å². The molecule has 152 valence electrons. The van der Waals surface area contributed by atoms with Gasteiger partial charge in [0, 0.05) is 36.3 Å². The number of hydrogen-bond donors (Lipinski definition) is 2. The number of nitrogens with zero attached hydrogens (tertiary/aromatic N) is 5. The summed E-state index contributed by atoms with van der Waals surface area (Å²) in [6, 6.07) is 5.90. The third kappa shape index (κ3) is 3.67. The van der Waals surface area contributed by atoms with E-state index in [1.54, 1.807) is 17.1 Å². The third-order valence-electron chi connectivity index (χ3n) is 5.29. The maximum Gasteiger partial charge on any atom is 0.279 e. The van der Waals surface area contributed by atoms with E-state index >= 15 is 0 Å². The number of rotatable bonds is 4. The van der Waals surface area contributed by atoms with Crippen molar-refractivity contribution in [2.45, 2.75) is 18.8 Å². The summed E-state index contributed by atoms with van der Waals surface area (Å²) in [7, 11) is 1.88. The van der Waals surface area contributed by atoms with Gasteiger partial charge in [-0.2, -0.15) is 5.10 Å². The number of carbonyl (C=O) groups excluding carboxylic acids is 1. The fraction of sp³-hybridized carbons (Fsp3) is 0.286. The number of nitrogens with one attached hydrogen (secondary N) is 2. The number of fused-ring (bicyclic) bond motifs is 1. The highest BCUT2D eigenvalue weighted by Crippen LogP contribution is 2.25. The Labute approximate surface area is 172 Å². The van der Waals surface area contributed by atoms with Gasteiger partial charge in [-0.3, -0.25) is 14.8 Å². The number of carbonyl (C=O) groups is 1. The molecule has 0 atom stereocenters. The quantitative estimate of drug-likeness (QED) is 0.539. The van der Waals surface area contributed by atoms with Gasteiger partial charge in [-0.1, -0.05) is 12.1 Å². The number of aromatic nitrogens is 5. The first-order valence-electron chi connectivity index (χ1n) is 9.89. The van der Waals surface area contributed by atoms with Crippen LogP contribution in [0.25, 0.3) is 22.0 Å². The van der Waals surface area contributed by atoms with Gasteiger partial charge in [0.05, 0.1) is 11.7 Å². The van der Waals surface area contributed by atoms with Crippen molar-refractivity contribution in [1.29, 1.82) is 0 Å². The molecule has 30 heavy (non-hydrogen) atoms. The summed E-state index contributed by atoms with van der Waals surface area (Å²) in [4.78, 5) is 25.7. The first-order valence-corrected chi connectivity index (χ1v) is 9.89. The van der Waals surface area contributed by atoms with Crippen molar-refractivity contribution in [3.8, 4) is 11.1 Å². The van der Waals surface area contributed by atoms with Crippen molar-refractivity contribution >= 4 is 22.8 Å². The minimum absolute atomic E-state index is 0.224. The lowest BCUT2D eigenvalue weighted by Gasteiger charge is -2.19. The minimum Gasteiger partial charge on any atom is -0.448 e. The van der Waals surface area contributed by atoms with Crippen molar-refractivity contribution in [3.05, 3.63) is 54.6 Å². The summed E-state index contributed by atoms with van der Waals surface area (Å²) >= 11 is 0. The maximum absolute atomic E-state index is 12.6. The molecule has 0 unspecified atom stereocenters. The topological polar surface area (TPSA) is 111 Å². The van der Waals surface area contributed by atoms with Gasteiger partial charge in [0.1, 0.15) is 6.26 Å². The fourth-order valence-electron chi connectivity index (χ4n) is 3.65. The summed E-state index contributed by atoms with van der Waals surface area (Å²) in [5, 5.41) is 11.1. The molecule has 5 rings (SSSR count). The monoisotopic (exact) mass is 403 g/mol. The second kappa shape index (κ2) is 7.68. The lowest BCUT2D eigenvalue weighted by molar-refractivity contribution is 0.102. The Morgan fingerprint density at radius 2 is 2.07 bits per heavy atom. The molecular formula is C21H21N7O2. The number of hydrogen-bond acceptors (Lipinski definition) is 7. The van der Waals surface area contributed by atoms with Gasteiger partial charge < -0.3 is 9.73 Å². The molecule has 0 saturated carbocycles. The molecule has 1 aromatic carbocycles. The van der Waals surface area contributed by atoms with Crippen molar-refractivity contribution in [1.82, 2.24) is 30.0 Å². The Morgan fingerprint density at radius 3 is 2.87 bits per heavy atom. The molecule has 1 aliphatic heterocycles. The number of aryl methyl sites for hydroxylation is 1. The smallest absolute Gasteiger partial charge is 0.279 e. The highest BCUT2D eigenvalue weighted by Gasteiger charge is 2.22. The lowest BCUT2D eigenvalue weighted by Crippen LogP contribution is -2.26. The number of amides is 1. The van der Waals surface area contributed by atoms with Gasteiger partial charge in [-0.25, -0.2) is 15.0 Å². The number of piperidine rings is 1. The van der Waals surface area contributed by atoms with Crippen molar-refractivity contribution in [2.75, 3.05) is 18.4 Å². The van der Waals surface area contributed by atoms with Crippen LogP contribution < -0.4 is 10.6 Å². The van der Waals surface area contributed by atoms with E-state index in [-0.39, 0.29) is 23.5 Å². The van der Waals surface area contributed by atoms with Crippen LogP contribution in [0.1, 0.15) is 35.1 Å². The zero-order chi connectivity index (χ0) is 20.5. The molecule has 1 aliphatic rings. The van der Waals surface area contributed by atoms with E-state index in [1.165, 1.54) is 6.26 Å². The van der Waals surface area contributed by atoms with Crippen LogP contribution in [-0.4, -0.2) is 43.7 Å². The molecule has 1 fully saturated rings. The van der Waals surface area contributed by atoms with Crippen LogP contribution in [0.5, 0.6) is 0 Å². The Kier molecular flexibility index (Phi) is 4.72. The predicted molar refractivity (Wildman–Crippen MR) is 111 cm³/mol. The average Bonchev–Trinajstić information content (AvgIpc) is 3.43. The summed E-state index contributed by atoms with van der Waals surface area (Å²) in [5.41, 5.74) is 2.96. The van der Waals surface area contributed by atoms with E-state index in [4.69, 9.17) is 4.42 Å². The van der Waals surface area contributed by atoms with Crippen LogP contribution in [0.15, 0.2) is 47.5 Å². The Balaban J connectivity index is 1.35. The number of anilines is 1. The number of benzene rings is 1. The van der Waals surface area contributed by atoms with Gasteiger partial charge in [-0.15, -0.1) is 0 Å². The maximum atomic E-state index is 12.6. The van der Waals surface area contributed by atoms with Crippen LogP contribution >= 0.6 is 0 Å². The molecule has 0 aliphatic carbocycles. The zero-order valence-electron chi connectivity index (χ0n) is 16.5. The first kappa shape index (κ1) is 18.4. The zero-order valence-corrected chi connectivity index (χ0v) is 16.5. The molecule has 1 amide bonds. The lowest BCUT2D eigenvalue weighted by atomic mass is 9.98. The third-order valence-corrected chi connectivity index (χ3v) is 5.29. The van der Waals surface area contributed by atoms with E-state index in [0.29, 0.717) is 5.89 Å². The van der Waals surface area contributed by atoms with Gasteiger partial charge >= 0.3 is 0 Å². The normalized spacial score (nSPS) is 14.8. The van der Waals surface area contributed by atoms with E-state index in [0.717, 1.165) is 48.0 Å². The van der Waals surface area contributed by atoms with E-state index < -0.39 is 0 Å². The Morgan fingerprint density at radius 1 is 1.20 bits per heavy atom. The van der Waals surface area contributed by atoms with Gasteiger partial charge in [0.2, 0.25) is 5.95 Å². The average molecular weight is 403 g/mol. The fourth-order valence-corrected chi connectivity index (χ4v) is 3.65. The minimum atomic E-state index is -0.387. The second-order valence-corrected chi connectivity index (χ2v) is 7.42. The van der Waals surface area contributed by atoms with Crippen molar-refractivity contribution in [2.24, 2.45) is 7.05 Å². The van der Waals surface area contributed by atoms with Crippen molar-refractivity contribution in [3.63, 3.8) is 0 Å². The van der Waals surface area contributed by atoms with Crippen LogP contribution in [0.4, 0.5) is 5.95 Å². The van der Waals surface area contributed by atoms with Crippen LogP contribution in [0.3, 0.4) is 0 Å². The molecule has 2 N–H and O–H groups in total. The molecule has 4 aromatic rings. The Bertz CT molecular complexity index is 1210. The first-order chi connectivity index (χ1) is 14.7. The molecule has 0 bridgehead atoms.